The van der Waals surface area contributed by atoms with Gasteiger partial charge in [-0.05, 0) is 31.6 Å². The van der Waals surface area contributed by atoms with Crippen LogP contribution in [0.1, 0.15) is 25.7 Å². The third kappa shape index (κ3) is 3.84. The minimum absolute atomic E-state index is 0.0255. The zero-order chi connectivity index (χ0) is 13.8. The molecule has 2 fully saturated rings. The summed E-state index contributed by atoms with van der Waals surface area (Å²) in [5.74, 6) is -1.12. The molecule has 1 aliphatic carbocycles. The van der Waals surface area contributed by atoms with Crippen molar-refractivity contribution in [2.24, 2.45) is 5.92 Å². The van der Waals surface area contributed by atoms with Crippen molar-refractivity contribution < 1.29 is 19.5 Å². The van der Waals surface area contributed by atoms with Crippen LogP contribution in [0.3, 0.4) is 0 Å². The molecule has 1 aliphatic heterocycles. The average Bonchev–Trinajstić information content (AvgIpc) is 3.06. The van der Waals surface area contributed by atoms with E-state index in [0.717, 1.165) is 38.8 Å². The van der Waals surface area contributed by atoms with Crippen LogP contribution in [-0.2, 0) is 9.59 Å². The van der Waals surface area contributed by atoms with Crippen LogP contribution in [0.15, 0.2) is 0 Å². The van der Waals surface area contributed by atoms with Gasteiger partial charge >= 0.3 is 12.0 Å². The maximum Gasteiger partial charge on any atom is 0.326 e. The molecule has 3 amide bonds. The lowest BCUT2D eigenvalue weighted by atomic mass is 10.2. The average molecular weight is 269 g/mol. The number of aliphatic carboxylic acids is 1. The number of carboxylic acid groups (broad SMARTS) is 1. The molecule has 2 rings (SSSR count). The van der Waals surface area contributed by atoms with Gasteiger partial charge in [-0.1, -0.05) is 0 Å². The molecular weight excluding hydrogens is 250 g/mol. The summed E-state index contributed by atoms with van der Waals surface area (Å²) < 4.78 is 0. The molecule has 0 aromatic carbocycles. The van der Waals surface area contributed by atoms with Crippen molar-refractivity contribution in [3.63, 3.8) is 0 Å². The lowest BCUT2D eigenvalue weighted by Crippen LogP contribution is -2.49. The van der Waals surface area contributed by atoms with Gasteiger partial charge in [0.05, 0.1) is 6.54 Å². The molecule has 0 aromatic heterocycles. The molecule has 3 N–H and O–H groups in total. The van der Waals surface area contributed by atoms with Gasteiger partial charge in [-0.15, -0.1) is 0 Å². The first-order chi connectivity index (χ1) is 9.08. The maximum absolute atomic E-state index is 11.7. The molecule has 1 heterocycles. The highest BCUT2D eigenvalue weighted by Crippen LogP contribution is 2.32. The summed E-state index contributed by atoms with van der Waals surface area (Å²) in [7, 11) is 0. The fourth-order valence-electron chi connectivity index (χ4n) is 2.24. The van der Waals surface area contributed by atoms with Crippen LogP contribution in [0.5, 0.6) is 0 Å². The fraction of sp³-hybridized carbons (Fsp3) is 0.750. The van der Waals surface area contributed by atoms with Gasteiger partial charge < -0.3 is 20.6 Å². The van der Waals surface area contributed by atoms with Gasteiger partial charge in [0.1, 0.15) is 6.04 Å². The van der Waals surface area contributed by atoms with Crippen LogP contribution >= 0.6 is 0 Å². The number of likely N-dealkylation sites (tertiary alicyclic amines) is 1. The molecule has 1 saturated carbocycles. The number of carboxylic acids is 1. The molecule has 7 heteroatoms. The highest BCUT2D eigenvalue weighted by molar-refractivity contribution is 5.86. The quantitative estimate of drug-likeness (QED) is 0.642. The monoisotopic (exact) mass is 269 g/mol. The van der Waals surface area contributed by atoms with E-state index in [1.165, 1.54) is 0 Å². The van der Waals surface area contributed by atoms with Crippen LogP contribution in [0, 0.1) is 5.92 Å². The highest BCUT2D eigenvalue weighted by atomic mass is 16.4. The minimum atomic E-state index is -1.02. The Labute approximate surface area is 111 Å². The van der Waals surface area contributed by atoms with Gasteiger partial charge in [-0.3, -0.25) is 4.79 Å². The Kier molecular flexibility index (Phi) is 4.24. The van der Waals surface area contributed by atoms with Crippen LogP contribution in [0.25, 0.3) is 0 Å². The number of nitrogens with one attached hydrogen (secondary N) is 2. The number of nitrogens with zero attached hydrogens (tertiary/aromatic N) is 1. The molecule has 0 aromatic rings. The van der Waals surface area contributed by atoms with Gasteiger partial charge in [0.15, 0.2) is 0 Å². The zero-order valence-electron chi connectivity index (χ0n) is 10.7. The number of amides is 3. The Morgan fingerprint density at radius 3 is 2.37 bits per heavy atom. The minimum Gasteiger partial charge on any atom is -0.480 e. The van der Waals surface area contributed by atoms with Gasteiger partial charge in [0.25, 0.3) is 0 Å². The molecule has 19 heavy (non-hydrogen) atoms. The van der Waals surface area contributed by atoms with Crippen LogP contribution in [0.4, 0.5) is 4.79 Å². The number of urea groups is 1. The van der Waals surface area contributed by atoms with Gasteiger partial charge in [0.2, 0.25) is 5.91 Å². The van der Waals surface area contributed by atoms with Crippen molar-refractivity contribution in [3.8, 4) is 0 Å². The van der Waals surface area contributed by atoms with Crippen LogP contribution < -0.4 is 10.6 Å². The Morgan fingerprint density at radius 1 is 1.21 bits per heavy atom. The Balaban J connectivity index is 1.71. The van der Waals surface area contributed by atoms with E-state index < -0.39 is 18.0 Å². The van der Waals surface area contributed by atoms with Crippen molar-refractivity contribution in [2.45, 2.75) is 31.7 Å². The molecule has 0 bridgehead atoms. The van der Waals surface area contributed by atoms with Gasteiger partial charge in [0, 0.05) is 13.1 Å². The second-order valence-corrected chi connectivity index (χ2v) is 5.07. The molecule has 0 radical (unpaired) electrons. The largest absolute Gasteiger partial charge is 0.480 e. The highest BCUT2D eigenvalue weighted by Gasteiger charge is 2.37. The molecule has 0 spiro atoms. The number of hydrogen-bond donors (Lipinski definition) is 3. The Bertz CT molecular complexity index is 375. The lowest BCUT2D eigenvalue weighted by molar-refractivity contribution is -0.139. The predicted molar refractivity (Wildman–Crippen MR) is 66.5 cm³/mol. The summed E-state index contributed by atoms with van der Waals surface area (Å²) in [5.41, 5.74) is 0. The van der Waals surface area contributed by atoms with E-state index in [1.54, 1.807) is 4.90 Å². The SMILES string of the molecule is O=C(NCC(=O)N1CCCC1)NC(C(=O)O)C1CC1. The number of carbonyl (C=O) groups is 3. The van der Waals surface area contributed by atoms with E-state index >= 15 is 0 Å². The first-order valence-electron chi connectivity index (χ1n) is 6.63. The summed E-state index contributed by atoms with van der Waals surface area (Å²) in [6.07, 6.45) is 3.65. The summed E-state index contributed by atoms with van der Waals surface area (Å²) in [6, 6.07) is -1.44. The van der Waals surface area contributed by atoms with E-state index in [0.29, 0.717) is 0 Å². The summed E-state index contributed by atoms with van der Waals surface area (Å²) in [4.78, 5) is 35.9. The third-order valence-corrected chi connectivity index (χ3v) is 3.51. The Hall–Kier alpha value is -1.79. The third-order valence-electron chi connectivity index (χ3n) is 3.51. The molecule has 7 nitrogen and oxygen atoms in total. The first-order valence-corrected chi connectivity index (χ1v) is 6.63. The summed E-state index contributed by atoms with van der Waals surface area (Å²) >= 11 is 0. The van der Waals surface area contributed by atoms with E-state index in [4.69, 9.17) is 5.11 Å². The number of rotatable bonds is 5. The van der Waals surface area contributed by atoms with Crippen molar-refractivity contribution in [1.82, 2.24) is 15.5 Å². The lowest BCUT2D eigenvalue weighted by Gasteiger charge is -2.17. The predicted octanol–water partition coefficient (Wildman–Crippen LogP) is -0.229. The van der Waals surface area contributed by atoms with Crippen LogP contribution in [-0.4, -0.2) is 53.6 Å². The maximum atomic E-state index is 11.7. The Morgan fingerprint density at radius 2 is 1.84 bits per heavy atom. The molecule has 1 saturated heterocycles. The van der Waals surface area contributed by atoms with Gasteiger partial charge in [-0.25, -0.2) is 9.59 Å². The van der Waals surface area contributed by atoms with E-state index in [1.807, 2.05) is 0 Å². The summed E-state index contributed by atoms with van der Waals surface area (Å²) in [5, 5.41) is 13.8. The number of carbonyl (C=O) groups excluding carboxylic acids is 2. The smallest absolute Gasteiger partial charge is 0.326 e. The molecule has 1 unspecified atom stereocenters. The first kappa shape index (κ1) is 13.6. The molecule has 2 aliphatic rings. The fourth-order valence-corrected chi connectivity index (χ4v) is 2.24. The van der Waals surface area contributed by atoms with Gasteiger partial charge in [-0.2, -0.15) is 0 Å². The van der Waals surface area contributed by atoms with E-state index in [-0.39, 0.29) is 18.4 Å². The van der Waals surface area contributed by atoms with Crippen molar-refractivity contribution in [2.75, 3.05) is 19.6 Å². The standard InChI is InChI=1S/C12H19N3O4/c16-9(15-5-1-2-6-15)7-13-12(19)14-10(11(17)18)8-3-4-8/h8,10H,1-7H2,(H,17,18)(H2,13,14,19). The molecular formula is C12H19N3O4. The van der Waals surface area contributed by atoms with Crippen molar-refractivity contribution in [1.29, 1.82) is 0 Å². The molecule has 1 atom stereocenters. The zero-order valence-corrected chi connectivity index (χ0v) is 10.7. The van der Waals surface area contributed by atoms with Crippen LogP contribution in [0.2, 0.25) is 0 Å². The van der Waals surface area contributed by atoms with E-state index in [2.05, 4.69) is 10.6 Å². The van der Waals surface area contributed by atoms with Crippen molar-refractivity contribution in [3.05, 3.63) is 0 Å². The van der Waals surface area contributed by atoms with E-state index in [9.17, 15) is 14.4 Å². The number of hydrogen-bond acceptors (Lipinski definition) is 3. The van der Waals surface area contributed by atoms with Crippen molar-refractivity contribution >= 4 is 17.9 Å². The topological polar surface area (TPSA) is 98.7 Å². The summed E-state index contributed by atoms with van der Waals surface area (Å²) in [6.45, 7) is 1.40. The molecule has 106 valence electrons. The normalized spacial score (nSPS) is 19.9. The second-order valence-electron chi connectivity index (χ2n) is 5.07. The second kappa shape index (κ2) is 5.90.